The highest BCUT2D eigenvalue weighted by Gasteiger charge is 2.12. The number of phenolic OH excluding ortho intramolecular Hbond substituents is 1. The topological polar surface area (TPSA) is 70.4 Å². The Balaban J connectivity index is 1.78. The molecule has 0 saturated heterocycles. The molecular formula is C18H20N4O2. The van der Waals surface area contributed by atoms with Gasteiger partial charge < -0.3 is 15.3 Å². The number of hydrogen-bond donors (Lipinski definition) is 2. The van der Waals surface area contributed by atoms with Crippen LogP contribution in [0.2, 0.25) is 0 Å². The number of hydrogen-bond acceptors (Lipinski definition) is 4. The zero-order chi connectivity index (χ0) is 17.1. The second-order valence-electron chi connectivity index (χ2n) is 5.93. The van der Waals surface area contributed by atoms with Crippen LogP contribution in [0.1, 0.15) is 10.4 Å². The number of benzene rings is 2. The first-order valence-corrected chi connectivity index (χ1v) is 7.74. The van der Waals surface area contributed by atoms with Gasteiger partial charge in [0.15, 0.2) is 5.82 Å². The highest BCUT2D eigenvalue weighted by Crippen LogP contribution is 2.23. The van der Waals surface area contributed by atoms with E-state index in [2.05, 4.69) is 15.3 Å². The lowest BCUT2D eigenvalue weighted by Gasteiger charge is -2.09. The Morgan fingerprint density at radius 2 is 2.08 bits per heavy atom. The minimum absolute atomic E-state index is 0.180. The van der Waals surface area contributed by atoms with Crippen molar-refractivity contribution in [2.45, 2.75) is 6.54 Å². The molecule has 24 heavy (non-hydrogen) atoms. The predicted molar refractivity (Wildman–Crippen MR) is 94.3 cm³/mol. The van der Waals surface area contributed by atoms with Gasteiger partial charge in [0.25, 0.3) is 5.91 Å². The molecule has 0 aliphatic carbocycles. The molecule has 3 rings (SSSR count). The van der Waals surface area contributed by atoms with Crippen LogP contribution in [0.25, 0.3) is 10.8 Å². The Labute approximate surface area is 140 Å². The van der Waals surface area contributed by atoms with Crippen LogP contribution in [-0.4, -0.2) is 46.3 Å². The lowest BCUT2D eigenvalue weighted by atomic mass is 10.0. The van der Waals surface area contributed by atoms with E-state index in [1.807, 2.05) is 26.4 Å². The fourth-order valence-electron chi connectivity index (χ4n) is 2.51. The molecule has 0 saturated carbocycles. The number of fused-ring (bicyclic) bond motifs is 1. The maximum absolute atomic E-state index is 12.6. The molecule has 6 heteroatoms. The third-order valence-electron chi connectivity index (χ3n) is 3.77. The molecule has 0 unspecified atom stereocenters. The number of phenols is 1. The maximum atomic E-state index is 12.6. The molecule has 0 radical (unpaired) electrons. The molecule has 2 N–H and O–H groups in total. The fraction of sp³-hybridized carbons (Fsp3) is 0.222. The number of aromatic nitrogens is 2. The summed E-state index contributed by atoms with van der Waals surface area (Å²) >= 11 is 0. The third kappa shape index (κ3) is 3.55. The molecule has 0 aliphatic rings. The summed E-state index contributed by atoms with van der Waals surface area (Å²) in [6.07, 6.45) is 1.85. The number of rotatable bonds is 5. The minimum Gasteiger partial charge on any atom is -0.508 e. The van der Waals surface area contributed by atoms with E-state index in [4.69, 9.17) is 0 Å². The van der Waals surface area contributed by atoms with E-state index in [0.717, 1.165) is 23.9 Å². The van der Waals surface area contributed by atoms with Gasteiger partial charge in [-0.25, -0.2) is 0 Å². The summed E-state index contributed by atoms with van der Waals surface area (Å²) in [5, 5.41) is 18.4. The van der Waals surface area contributed by atoms with Crippen molar-refractivity contribution >= 4 is 22.5 Å². The van der Waals surface area contributed by atoms with Gasteiger partial charge in [0.1, 0.15) is 5.75 Å². The summed E-state index contributed by atoms with van der Waals surface area (Å²) in [6, 6.07) is 12.2. The number of nitrogens with one attached hydrogen (secondary N) is 1. The van der Waals surface area contributed by atoms with Crippen molar-refractivity contribution < 1.29 is 9.90 Å². The average Bonchev–Trinajstić information content (AvgIpc) is 2.99. The van der Waals surface area contributed by atoms with Crippen molar-refractivity contribution in [3.8, 4) is 5.75 Å². The Morgan fingerprint density at radius 1 is 1.25 bits per heavy atom. The number of carbonyl (C=O) groups excluding carboxylic acids is 1. The highest BCUT2D eigenvalue weighted by molar-refractivity contribution is 6.12. The van der Waals surface area contributed by atoms with Crippen molar-refractivity contribution in [2.75, 3.05) is 26.0 Å². The smallest absolute Gasteiger partial charge is 0.257 e. The van der Waals surface area contributed by atoms with Gasteiger partial charge in [-0.3, -0.25) is 9.48 Å². The van der Waals surface area contributed by atoms with E-state index < -0.39 is 0 Å². The minimum atomic E-state index is -0.218. The summed E-state index contributed by atoms with van der Waals surface area (Å²) < 4.78 is 1.80. The Hall–Kier alpha value is -2.86. The number of carbonyl (C=O) groups is 1. The molecule has 6 nitrogen and oxygen atoms in total. The molecular weight excluding hydrogens is 304 g/mol. The van der Waals surface area contributed by atoms with E-state index in [-0.39, 0.29) is 11.7 Å². The SMILES string of the molecule is CN(C)CCn1ccc(NC(=O)c2cccc3cc(O)ccc23)n1. The van der Waals surface area contributed by atoms with Crippen LogP contribution < -0.4 is 5.32 Å². The predicted octanol–water partition coefficient (Wildman–Crippen LogP) is 2.56. The van der Waals surface area contributed by atoms with Gasteiger partial charge in [-0.2, -0.15) is 5.10 Å². The van der Waals surface area contributed by atoms with Gasteiger partial charge in [-0.15, -0.1) is 0 Å². The summed E-state index contributed by atoms with van der Waals surface area (Å²) in [6.45, 7) is 1.64. The van der Waals surface area contributed by atoms with Crippen LogP contribution in [0.15, 0.2) is 48.7 Å². The molecule has 0 fully saturated rings. The number of likely N-dealkylation sites (N-methyl/N-ethyl adjacent to an activating group) is 1. The molecule has 1 heterocycles. The van der Waals surface area contributed by atoms with E-state index in [1.54, 1.807) is 41.1 Å². The van der Waals surface area contributed by atoms with Crippen LogP contribution in [0.5, 0.6) is 5.75 Å². The normalized spacial score (nSPS) is 11.1. The second-order valence-corrected chi connectivity index (χ2v) is 5.93. The van der Waals surface area contributed by atoms with E-state index in [1.165, 1.54) is 0 Å². The first-order valence-electron chi connectivity index (χ1n) is 7.74. The molecule has 0 atom stereocenters. The highest BCUT2D eigenvalue weighted by atomic mass is 16.3. The van der Waals surface area contributed by atoms with E-state index in [9.17, 15) is 9.90 Å². The van der Waals surface area contributed by atoms with Crippen LogP contribution in [0.3, 0.4) is 0 Å². The van der Waals surface area contributed by atoms with Gasteiger partial charge in [-0.1, -0.05) is 12.1 Å². The van der Waals surface area contributed by atoms with Crippen molar-refractivity contribution in [3.63, 3.8) is 0 Å². The monoisotopic (exact) mass is 324 g/mol. The third-order valence-corrected chi connectivity index (χ3v) is 3.77. The number of aromatic hydroxyl groups is 1. The molecule has 1 aromatic heterocycles. The van der Waals surface area contributed by atoms with Crippen LogP contribution in [-0.2, 0) is 6.54 Å². The summed E-state index contributed by atoms with van der Waals surface area (Å²) in [7, 11) is 4.01. The largest absolute Gasteiger partial charge is 0.508 e. The van der Waals surface area contributed by atoms with Gasteiger partial charge >= 0.3 is 0 Å². The molecule has 2 aromatic carbocycles. The molecule has 0 spiro atoms. The average molecular weight is 324 g/mol. The number of nitrogens with zero attached hydrogens (tertiary/aromatic N) is 3. The summed E-state index contributed by atoms with van der Waals surface area (Å²) in [5.41, 5.74) is 0.551. The second kappa shape index (κ2) is 6.72. The molecule has 124 valence electrons. The lowest BCUT2D eigenvalue weighted by molar-refractivity contribution is 0.102. The first kappa shape index (κ1) is 16.0. The van der Waals surface area contributed by atoms with Crippen LogP contribution in [0.4, 0.5) is 5.82 Å². The zero-order valence-corrected chi connectivity index (χ0v) is 13.7. The van der Waals surface area contributed by atoms with Gasteiger partial charge in [0.2, 0.25) is 0 Å². The molecule has 1 amide bonds. The zero-order valence-electron chi connectivity index (χ0n) is 13.7. The maximum Gasteiger partial charge on any atom is 0.257 e. The van der Waals surface area contributed by atoms with E-state index in [0.29, 0.717) is 11.4 Å². The van der Waals surface area contributed by atoms with Crippen molar-refractivity contribution in [1.29, 1.82) is 0 Å². The van der Waals surface area contributed by atoms with Crippen molar-refractivity contribution in [1.82, 2.24) is 14.7 Å². The van der Waals surface area contributed by atoms with Crippen LogP contribution >= 0.6 is 0 Å². The number of anilines is 1. The lowest BCUT2D eigenvalue weighted by Crippen LogP contribution is -2.19. The van der Waals surface area contributed by atoms with E-state index >= 15 is 0 Å². The van der Waals surface area contributed by atoms with Gasteiger partial charge in [0, 0.05) is 24.4 Å². The van der Waals surface area contributed by atoms with Crippen molar-refractivity contribution in [3.05, 3.63) is 54.2 Å². The quantitative estimate of drug-likeness (QED) is 0.757. The van der Waals surface area contributed by atoms with Crippen LogP contribution in [0, 0.1) is 0 Å². The first-order chi connectivity index (χ1) is 11.5. The molecule has 0 aliphatic heterocycles. The molecule has 0 bridgehead atoms. The van der Waals surface area contributed by atoms with Gasteiger partial charge in [-0.05, 0) is 49.1 Å². The Morgan fingerprint density at radius 3 is 2.88 bits per heavy atom. The van der Waals surface area contributed by atoms with Gasteiger partial charge in [0.05, 0.1) is 6.54 Å². The standard InChI is InChI=1S/C18H20N4O2/c1-21(2)10-11-22-9-8-17(20-22)19-18(24)16-5-3-4-13-12-14(23)6-7-15(13)16/h3-9,12,23H,10-11H2,1-2H3,(H,19,20,24). The molecule has 3 aromatic rings. The summed E-state index contributed by atoms with van der Waals surface area (Å²) in [4.78, 5) is 14.6. The van der Waals surface area contributed by atoms with Crippen molar-refractivity contribution in [2.24, 2.45) is 0 Å². The fourth-order valence-corrected chi connectivity index (χ4v) is 2.51. The Bertz CT molecular complexity index is 870. The Kier molecular flexibility index (Phi) is 4.48. The summed E-state index contributed by atoms with van der Waals surface area (Å²) in [5.74, 6) is 0.485. The number of amides is 1.